The number of anilines is 1. The SMILES string of the molecule is CC(=O)c1ccc(NC(=O)[C@@H](C)OC(=O)/C=C/c2ccccc2Br)cc1. The zero-order valence-corrected chi connectivity index (χ0v) is 15.9. The van der Waals surface area contributed by atoms with Gasteiger partial charge in [-0.2, -0.15) is 0 Å². The van der Waals surface area contributed by atoms with E-state index in [1.54, 1.807) is 30.3 Å². The van der Waals surface area contributed by atoms with Crippen molar-refractivity contribution in [2.75, 3.05) is 5.32 Å². The lowest BCUT2D eigenvalue weighted by Gasteiger charge is -2.12. The number of carbonyl (C=O) groups is 3. The third-order valence-corrected chi connectivity index (χ3v) is 4.25. The Kier molecular flexibility index (Phi) is 6.86. The van der Waals surface area contributed by atoms with E-state index in [0.717, 1.165) is 10.0 Å². The lowest BCUT2D eigenvalue weighted by atomic mass is 10.1. The van der Waals surface area contributed by atoms with Crippen LogP contribution >= 0.6 is 15.9 Å². The van der Waals surface area contributed by atoms with Gasteiger partial charge in [-0.25, -0.2) is 4.79 Å². The van der Waals surface area contributed by atoms with Crippen molar-refractivity contribution in [2.45, 2.75) is 20.0 Å². The molecule has 0 fully saturated rings. The Morgan fingerprint density at radius 3 is 2.35 bits per heavy atom. The number of ketones is 1. The summed E-state index contributed by atoms with van der Waals surface area (Å²) in [6, 6.07) is 13.9. The molecule has 0 aliphatic carbocycles. The van der Waals surface area contributed by atoms with Crippen LogP contribution in [0.1, 0.15) is 29.8 Å². The monoisotopic (exact) mass is 415 g/mol. The quantitative estimate of drug-likeness (QED) is 0.435. The summed E-state index contributed by atoms with van der Waals surface area (Å²) in [5.41, 5.74) is 1.90. The number of ether oxygens (including phenoxy) is 1. The predicted octanol–water partition coefficient (Wildman–Crippen LogP) is 4.24. The highest BCUT2D eigenvalue weighted by Crippen LogP contribution is 2.17. The minimum atomic E-state index is -0.959. The highest BCUT2D eigenvalue weighted by molar-refractivity contribution is 9.10. The molecule has 134 valence electrons. The molecule has 0 spiro atoms. The number of hydrogen-bond acceptors (Lipinski definition) is 4. The number of amides is 1. The van der Waals surface area contributed by atoms with E-state index < -0.39 is 18.0 Å². The van der Waals surface area contributed by atoms with Gasteiger partial charge in [0.1, 0.15) is 0 Å². The van der Waals surface area contributed by atoms with Crippen molar-refractivity contribution in [1.29, 1.82) is 0 Å². The van der Waals surface area contributed by atoms with Gasteiger partial charge in [-0.05, 0) is 55.8 Å². The van der Waals surface area contributed by atoms with Crippen molar-refractivity contribution < 1.29 is 19.1 Å². The normalized spacial score (nSPS) is 11.8. The minimum Gasteiger partial charge on any atom is -0.449 e. The summed E-state index contributed by atoms with van der Waals surface area (Å²) in [6.45, 7) is 2.96. The Labute approximate surface area is 160 Å². The van der Waals surface area contributed by atoms with Crippen molar-refractivity contribution in [3.8, 4) is 0 Å². The number of halogens is 1. The molecule has 0 saturated heterocycles. The van der Waals surface area contributed by atoms with E-state index in [1.165, 1.54) is 19.9 Å². The van der Waals surface area contributed by atoms with Crippen LogP contribution in [0.25, 0.3) is 6.08 Å². The van der Waals surface area contributed by atoms with E-state index in [2.05, 4.69) is 21.2 Å². The Balaban J connectivity index is 1.90. The molecule has 5 nitrogen and oxygen atoms in total. The maximum Gasteiger partial charge on any atom is 0.331 e. The fourth-order valence-electron chi connectivity index (χ4n) is 2.07. The Morgan fingerprint density at radius 1 is 1.08 bits per heavy atom. The first-order valence-electron chi connectivity index (χ1n) is 7.92. The van der Waals surface area contributed by atoms with Gasteiger partial charge in [-0.15, -0.1) is 0 Å². The molecule has 0 aliphatic heterocycles. The summed E-state index contributed by atoms with van der Waals surface area (Å²) >= 11 is 3.38. The molecule has 0 bridgehead atoms. The van der Waals surface area contributed by atoms with Gasteiger partial charge in [0.25, 0.3) is 5.91 Å². The van der Waals surface area contributed by atoms with Crippen LogP contribution in [0.3, 0.4) is 0 Å². The van der Waals surface area contributed by atoms with Crippen LogP contribution in [0.5, 0.6) is 0 Å². The fraction of sp³-hybridized carbons (Fsp3) is 0.150. The van der Waals surface area contributed by atoms with Gasteiger partial charge < -0.3 is 10.1 Å². The molecule has 1 atom stereocenters. The molecule has 2 rings (SSSR count). The molecule has 0 saturated carbocycles. The Morgan fingerprint density at radius 2 is 1.73 bits per heavy atom. The van der Waals surface area contributed by atoms with Crippen LogP contribution in [0.4, 0.5) is 5.69 Å². The number of nitrogens with one attached hydrogen (secondary N) is 1. The molecular weight excluding hydrogens is 398 g/mol. The molecule has 1 amide bonds. The average Bonchev–Trinajstić information content (AvgIpc) is 2.61. The van der Waals surface area contributed by atoms with Crippen LogP contribution in [-0.4, -0.2) is 23.8 Å². The largest absolute Gasteiger partial charge is 0.449 e. The average molecular weight is 416 g/mol. The van der Waals surface area contributed by atoms with Gasteiger partial charge in [0.15, 0.2) is 11.9 Å². The molecule has 0 heterocycles. The molecule has 1 N–H and O–H groups in total. The number of hydrogen-bond donors (Lipinski definition) is 1. The minimum absolute atomic E-state index is 0.0537. The number of benzene rings is 2. The van der Waals surface area contributed by atoms with Crippen molar-refractivity contribution in [1.82, 2.24) is 0 Å². The lowest BCUT2D eigenvalue weighted by Crippen LogP contribution is -2.29. The highest BCUT2D eigenvalue weighted by Gasteiger charge is 2.16. The Bertz CT molecular complexity index is 843. The first-order valence-corrected chi connectivity index (χ1v) is 8.71. The summed E-state index contributed by atoms with van der Waals surface area (Å²) in [7, 11) is 0. The summed E-state index contributed by atoms with van der Waals surface area (Å²) in [6.07, 6.45) is 1.92. The van der Waals surface area contributed by atoms with Crippen molar-refractivity contribution >= 4 is 45.4 Å². The van der Waals surface area contributed by atoms with Gasteiger partial charge in [-0.3, -0.25) is 9.59 Å². The van der Waals surface area contributed by atoms with E-state index in [9.17, 15) is 14.4 Å². The van der Waals surface area contributed by atoms with E-state index in [4.69, 9.17) is 4.74 Å². The van der Waals surface area contributed by atoms with Crippen molar-refractivity contribution in [3.05, 3.63) is 70.2 Å². The molecule has 0 aliphatic rings. The Hall–Kier alpha value is -2.73. The molecule has 0 unspecified atom stereocenters. The number of rotatable bonds is 6. The second-order valence-corrected chi connectivity index (χ2v) is 6.41. The second kappa shape index (κ2) is 9.10. The molecule has 2 aromatic carbocycles. The lowest BCUT2D eigenvalue weighted by molar-refractivity contribution is -0.148. The van der Waals surface area contributed by atoms with Crippen molar-refractivity contribution in [3.63, 3.8) is 0 Å². The number of Topliss-reactive ketones (excluding diaryl/α,β-unsaturated/α-hetero) is 1. The van der Waals surface area contributed by atoms with Gasteiger partial charge in [-0.1, -0.05) is 34.1 Å². The standard InChI is InChI=1S/C20H18BrNO4/c1-13(23)15-7-10-17(11-8-15)22-20(25)14(2)26-19(24)12-9-16-5-3-4-6-18(16)21/h3-12,14H,1-2H3,(H,22,25)/b12-9+/t14-/m1/s1. The third kappa shape index (κ3) is 5.67. The second-order valence-electron chi connectivity index (χ2n) is 5.56. The maximum atomic E-state index is 12.1. The van der Waals surface area contributed by atoms with E-state index in [1.807, 2.05) is 24.3 Å². The van der Waals surface area contributed by atoms with Gasteiger partial charge in [0.2, 0.25) is 0 Å². The van der Waals surface area contributed by atoms with Gasteiger partial charge in [0, 0.05) is 21.8 Å². The summed E-state index contributed by atoms with van der Waals surface area (Å²) in [4.78, 5) is 35.2. The maximum absolute atomic E-state index is 12.1. The van der Waals surface area contributed by atoms with E-state index >= 15 is 0 Å². The predicted molar refractivity (Wildman–Crippen MR) is 104 cm³/mol. The van der Waals surface area contributed by atoms with Gasteiger partial charge >= 0.3 is 5.97 Å². The zero-order valence-electron chi connectivity index (χ0n) is 14.4. The molecule has 26 heavy (non-hydrogen) atoms. The molecule has 2 aromatic rings. The topological polar surface area (TPSA) is 72.5 Å². The molecule has 0 aromatic heterocycles. The van der Waals surface area contributed by atoms with Crippen LogP contribution in [-0.2, 0) is 14.3 Å². The van der Waals surface area contributed by atoms with E-state index in [-0.39, 0.29) is 5.78 Å². The zero-order chi connectivity index (χ0) is 19.1. The first kappa shape index (κ1) is 19.6. The number of carbonyl (C=O) groups excluding carboxylic acids is 3. The van der Waals surface area contributed by atoms with Gasteiger partial charge in [0.05, 0.1) is 0 Å². The highest BCUT2D eigenvalue weighted by atomic mass is 79.9. The molecular formula is C20H18BrNO4. The third-order valence-electron chi connectivity index (χ3n) is 3.53. The fourth-order valence-corrected chi connectivity index (χ4v) is 2.48. The summed E-state index contributed by atoms with van der Waals surface area (Å²) in [5.74, 6) is -1.12. The first-order chi connectivity index (χ1) is 12.4. The van der Waals surface area contributed by atoms with Crippen LogP contribution in [0.15, 0.2) is 59.1 Å². The van der Waals surface area contributed by atoms with Crippen LogP contribution in [0.2, 0.25) is 0 Å². The molecule has 0 radical (unpaired) electrons. The summed E-state index contributed by atoms with van der Waals surface area (Å²) in [5, 5.41) is 2.64. The van der Waals surface area contributed by atoms with E-state index in [0.29, 0.717) is 11.3 Å². The van der Waals surface area contributed by atoms with Crippen LogP contribution < -0.4 is 5.32 Å². The summed E-state index contributed by atoms with van der Waals surface area (Å²) < 4.78 is 5.95. The smallest absolute Gasteiger partial charge is 0.331 e. The number of esters is 1. The molecule has 6 heteroatoms. The van der Waals surface area contributed by atoms with Crippen molar-refractivity contribution in [2.24, 2.45) is 0 Å². The van der Waals surface area contributed by atoms with Crippen LogP contribution in [0, 0.1) is 0 Å².